The number of anilines is 1. The van der Waals surface area contributed by atoms with E-state index in [0.29, 0.717) is 5.69 Å². The molecule has 5 heteroatoms. The van der Waals surface area contributed by atoms with E-state index in [2.05, 4.69) is 45.4 Å². The first-order valence-electron chi connectivity index (χ1n) is 10.3. The van der Waals surface area contributed by atoms with E-state index in [1.165, 1.54) is 23.3 Å². The Morgan fingerprint density at radius 1 is 0.733 bits per heavy atom. The Morgan fingerprint density at radius 2 is 1.27 bits per heavy atom. The number of carbonyl (C=O) groups is 1. The molecule has 3 aromatic rings. The lowest BCUT2D eigenvalue weighted by molar-refractivity contribution is 0.102. The Bertz CT molecular complexity index is 967. The van der Waals surface area contributed by atoms with E-state index in [1.807, 2.05) is 24.3 Å². The summed E-state index contributed by atoms with van der Waals surface area (Å²) in [6, 6.07) is 24.4. The second-order valence-electron chi connectivity index (χ2n) is 7.67. The van der Waals surface area contributed by atoms with Gasteiger partial charge in [0.05, 0.1) is 5.56 Å². The fraction of sp³-hybridized carbons (Fsp3) is 0.240. The minimum atomic E-state index is -0.516. The summed E-state index contributed by atoms with van der Waals surface area (Å²) >= 11 is 0. The largest absolute Gasteiger partial charge is 0.322 e. The van der Waals surface area contributed by atoms with Crippen LogP contribution in [0.15, 0.2) is 78.9 Å². The van der Waals surface area contributed by atoms with Crippen molar-refractivity contribution in [3.8, 4) is 0 Å². The van der Waals surface area contributed by atoms with E-state index < -0.39 is 11.7 Å². The molecule has 4 rings (SSSR count). The van der Waals surface area contributed by atoms with Gasteiger partial charge in [0.15, 0.2) is 0 Å². The maximum atomic E-state index is 13.7. The van der Waals surface area contributed by atoms with E-state index >= 15 is 0 Å². The molecule has 1 fully saturated rings. The lowest BCUT2D eigenvalue weighted by Crippen LogP contribution is -2.45. The number of benzene rings is 3. The molecule has 0 aliphatic carbocycles. The van der Waals surface area contributed by atoms with E-state index in [4.69, 9.17) is 0 Å². The molecule has 1 heterocycles. The molecule has 154 valence electrons. The van der Waals surface area contributed by atoms with Crippen LogP contribution in [-0.2, 0) is 13.1 Å². The third-order valence-electron chi connectivity index (χ3n) is 5.45. The topological polar surface area (TPSA) is 35.6 Å². The van der Waals surface area contributed by atoms with Crippen molar-refractivity contribution in [1.82, 2.24) is 9.80 Å². The first-order chi connectivity index (χ1) is 14.7. The molecule has 1 aliphatic rings. The van der Waals surface area contributed by atoms with Crippen molar-refractivity contribution in [2.45, 2.75) is 13.1 Å². The van der Waals surface area contributed by atoms with Gasteiger partial charge in [-0.15, -0.1) is 0 Å². The van der Waals surface area contributed by atoms with Crippen molar-refractivity contribution in [3.63, 3.8) is 0 Å². The predicted molar refractivity (Wildman–Crippen MR) is 118 cm³/mol. The SMILES string of the molecule is O=C(Nc1ccc(CN2CCN(Cc3ccccc3)CC2)cc1)c1ccccc1F. The average molecular weight is 404 g/mol. The molecule has 3 aromatic carbocycles. The summed E-state index contributed by atoms with van der Waals surface area (Å²) in [6.45, 7) is 6.10. The third-order valence-corrected chi connectivity index (χ3v) is 5.45. The van der Waals surface area contributed by atoms with Crippen LogP contribution in [-0.4, -0.2) is 41.9 Å². The lowest BCUT2D eigenvalue weighted by Gasteiger charge is -2.34. The van der Waals surface area contributed by atoms with Crippen molar-refractivity contribution in [1.29, 1.82) is 0 Å². The fourth-order valence-electron chi connectivity index (χ4n) is 3.74. The Kier molecular flexibility index (Phi) is 6.52. The van der Waals surface area contributed by atoms with Gasteiger partial charge in [-0.25, -0.2) is 4.39 Å². The van der Waals surface area contributed by atoms with Gasteiger partial charge in [0.2, 0.25) is 0 Å². The van der Waals surface area contributed by atoms with Crippen LogP contribution < -0.4 is 5.32 Å². The highest BCUT2D eigenvalue weighted by Crippen LogP contribution is 2.16. The molecule has 1 saturated heterocycles. The summed E-state index contributed by atoms with van der Waals surface area (Å²) in [5.41, 5.74) is 3.28. The highest BCUT2D eigenvalue weighted by molar-refractivity contribution is 6.04. The number of rotatable bonds is 6. The number of halogens is 1. The summed E-state index contributed by atoms with van der Waals surface area (Å²) in [6.07, 6.45) is 0. The van der Waals surface area contributed by atoms with Gasteiger partial charge in [-0.05, 0) is 35.4 Å². The maximum Gasteiger partial charge on any atom is 0.258 e. The van der Waals surface area contributed by atoms with Crippen LogP contribution in [0.3, 0.4) is 0 Å². The summed E-state index contributed by atoms with van der Waals surface area (Å²) < 4.78 is 13.7. The van der Waals surface area contributed by atoms with Crippen LogP contribution in [0.2, 0.25) is 0 Å². The highest BCUT2D eigenvalue weighted by atomic mass is 19.1. The minimum absolute atomic E-state index is 0.0509. The van der Waals surface area contributed by atoms with E-state index in [0.717, 1.165) is 39.3 Å². The molecule has 0 saturated carbocycles. The average Bonchev–Trinajstić information content (AvgIpc) is 2.77. The first-order valence-corrected chi connectivity index (χ1v) is 10.3. The number of hydrogen-bond acceptors (Lipinski definition) is 3. The van der Waals surface area contributed by atoms with E-state index in [9.17, 15) is 9.18 Å². The van der Waals surface area contributed by atoms with Crippen LogP contribution in [0.25, 0.3) is 0 Å². The van der Waals surface area contributed by atoms with Gasteiger partial charge in [0.1, 0.15) is 5.82 Å². The molecule has 0 spiro atoms. The van der Waals surface area contributed by atoms with Gasteiger partial charge in [-0.3, -0.25) is 14.6 Å². The standard InChI is InChI=1S/C25H26FN3O/c26-24-9-5-4-8-23(24)25(30)27-22-12-10-21(11-13-22)19-29-16-14-28(15-17-29)18-20-6-2-1-3-7-20/h1-13H,14-19H2,(H,27,30). The van der Waals surface area contributed by atoms with Crippen LogP contribution in [0, 0.1) is 5.82 Å². The molecule has 1 N–H and O–H groups in total. The predicted octanol–water partition coefficient (Wildman–Crippen LogP) is 4.40. The first kappa shape index (κ1) is 20.3. The van der Waals surface area contributed by atoms with Crippen molar-refractivity contribution in [2.24, 2.45) is 0 Å². The molecule has 4 nitrogen and oxygen atoms in total. The van der Waals surface area contributed by atoms with Crippen LogP contribution >= 0.6 is 0 Å². The van der Waals surface area contributed by atoms with Crippen molar-refractivity contribution in [3.05, 3.63) is 101 Å². The van der Waals surface area contributed by atoms with Crippen LogP contribution in [0.5, 0.6) is 0 Å². The fourth-order valence-corrected chi connectivity index (χ4v) is 3.74. The number of carbonyl (C=O) groups excluding carboxylic acids is 1. The smallest absolute Gasteiger partial charge is 0.258 e. The minimum Gasteiger partial charge on any atom is -0.322 e. The number of nitrogens with zero attached hydrogens (tertiary/aromatic N) is 2. The molecule has 30 heavy (non-hydrogen) atoms. The Balaban J connectivity index is 1.26. The molecular formula is C25H26FN3O. The summed E-state index contributed by atoms with van der Waals surface area (Å²) in [7, 11) is 0. The zero-order valence-corrected chi connectivity index (χ0v) is 16.9. The van der Waals surface area contributed by atoms with E-state index in [-0.39, 0.29) is 5.56 Å². The van der Waals surface area contributed by atoms with Gasteiger partial charge in [0, 0.05) is 45.0 Å². The Morgan fingerprint density at radius 3 is 1.87 bits per heavy atom. The highest BCUT2D eigenvalue weighted by Gasteiger charge is 2.17. The van der Waals surface area contributed by atoms with Crippen molar-refractivity contribution >= 4 is 11.6 Å². The third kappa shape index (κ3) is 5.32. The number of hydrogen-bond donors (Lipinski definition) is 1. The molecule has 1 amide bonds. The molecule has 0 unspecified atom stereocenters. The van der Waals surface area contributed by atoms with E-state index in [1.54, 1.807) is 12.1 Å². The molecule has 0 bridgehead atoms. The van der Waals surface area contributed by atoms with Gasteiger partial charge >= 0.3 is 0 Å². The summed E-state index contributed by atoms with van der Waals surface area (Å²) in [4.78, 5) is 17.2. The summed E-state index contributed by atoms with van der Waals surface area (Å²) in [5, 5.41) is 2.76. The second kappa shape index (κ2) is 9.65. The zero-order valence-electron chi connectivity index (χ0n) is 16.9. The van der Waals surface area contributed by atoms with Gasteiger partial charge in [-0.1, -0.05) is 54.6 Å². The van der Waals surface area contributed by atoms with Crippen molar-refractivity contribution in [2.75, 3.05) is 31.5 Å². The van der Waals surface area contributed by atoms with Gasteiger partial charge in [0.25, 0.3) is 5.91 Å². The number of nitrogens with one attached hydrogen (secondary N) is 1. The molecule has 1 aliphatic heterocycles. The molecule has 0 atom stereocenters. The lowest BCUT2D eigenvalue weighted by atomic mass is 10.1. The monoisotopic (exact) mass is 403 g/mol. The maximum absolute atomic E-state index is 13.7. The van der Waals surface area contributed by atoms with Crippen molar-refractivity contribution < 1.29 is 9.18 Å². The zero-order chi connectivity index (χ0) is 20.8. The molecule has 0 radical (unpaired) electrons. The van der Waals surface area contributed by atoms with Crippen LogP contribution in [0.4, 0.5) is 10.1 Å². The summed E-state index contributed by atoms with van der Waals surface area (Å²) in [5.74, 6) is -0.951. The molecular weight excluding hydrogens is 377 g/mol. The normalized spacial score (nSPS) is 15.1. The Labute approximate surface area is 176 Å². The number of piperazine rings is 1. The van der Waals surface area contributed by atoms with Crippen LogP contribution in [0.1, 0.15) is 21.5 Å². The quantitative estimate of drug-likeness (QED) is 0.663. The molecule has 0 aromatic heterocycles. The number of amides is 1. The second-order valence-corrected chi connectivity index (χ2v) is 7.67. The van der Waals surface area contributed by atoms with Gasteiger partial charge in [-0.2, -0.15) is 0 Å². The van der Waals surface area contributed by atoms with Gasteiger partial charge < -0.3 is 5.32 Å². The Hall–Kier alpha value is -3.02.